The maximum atomic E-state index is 5.54. The van der Waals surface area contributed by atoms with Gasteiger partial charge in [-0.15, -0.1) is 0 Å². The van der Waals surface area contributed by atoms with Crippen LogP contribution in [0.4, 0.5) is 0 Å². The number of ether oxygens (including phenoxy) is 1. The van der Waals surface area contributed by atoms with Crippen molar-refractivity contribution in [2.45, 2.75) is 6.54 Å². The zero-order chi connectivity index (χ0) is 9.26. The number of aromatic nitrogens is 1. The van der Waals surface area contributed by atoms with Crippen molar-refractivity contribution in [1.29, 1.82) is 0 Å². The summed E-state index contributed by atoms with van der Waals surface area (Å²) in [7, 11) is 1.66. The molecule has 3 heteroatoms. The average molecular weight is 176 g/mol. The molecule has 0 atom stereocenters. The summed E-state index contributed by atoms with van der Waals surface area (Å²) in [6, 6.07) is 6.02. The van der Waals surface area contributed by atoms with Crippen LogP contribution in [-0.2, 0) is 6.54 Å². The third-order valence-corrected chi connectivity index (χ3v) is 2.09. The van der Waals surface area contributed by atoms with Crippen molar-refractivity contribution in [3.05, 3.63) is 36.2 Å². The molecule has 2 N–H and O–H groups in total. The van der Waals surface area contributed by atoms with Gasteiger partial charge in [0.25, 0.3) is 0 Å². The van der Waals surface area contributed by atoms with Gasteiger partial charge in [-0.2, -0.15) is 0 Å². The van der Waals surface area contributed by atoms with Crippen LogP contribution in [0.3, 0.4) is 0 Å². The van der Waals surface area contributed by atoms with Crippen LogP contribution in [0, 0.1) is 0 Å². The van der Waals surface area contributed by atoms with Crippen molar-refractivity contribution in [2.24, 2.45) is 5.73 Å². The Morgan fingerprint density at radius 2 is 2.23 bits per heavy atom. The normalized spacial score (nSPS) is 10.6. The quantitative estimate of drug-likeness (QED) is 0.751. The van der Waals surface area contributed by atoms with Crippen LogP contribution in [0.15, 0.2) is 30.6 Å². The summed E-state index contributed by atoms with van der Waals surface area (Å²) >= 11 is 0. The van der Waals surface area contributed by atoms with Crippen LogP contribution < -0.4 is 10.5 Å². The van der Waals surface area contributed by atoms with E-state index in [4.69, 9.17) is 10.5 Å². The van der Waals surface area contributed by atoms with Crippen molar-refractivity contribution in [3.63, 3.8) is 0 Å². The van der Waals surface area contributed by atoms with Gasteiger partial charge in [-0.25, -0.2) is 0 Å². The highest BCUT2D eigenvalue weighted by atomic mass is 16.5. The summed E-state index contributed by atoms with van der Waals surface area (Å²) in [5.41, 5.74) is 7.81. The lowest BCUT2D eigenvalue weighted by Crippen LogP contribution is -1.93. The average Bonchev–Trinajstić information content (AvgIpc) is 2.58. The maximum absolute atomic E-state index is 5.54. The van der Waals surface area contributed by atoms with Crippen LogP contribution in [0.25, 0.3) is 5.52 Å². The molecule has 2 aromatic rings. The standard InChI is InChI=1S/C10H12N2O/c1-13-10-3-2-9-4-8(5-11)6-12(9)7-10/h2-4,6-7H,5,11H2,1H3. The van der Waals surface area contributed by atoms with Crippen molar-refractivity contribution in [1.82, 2.24) is 4.40 Å². The van der Waals surface area contributed by atoms with Crippen LogP contribution in [0.2, 0.25) is 0 Å². The smallest absolute Gasteiger partial charge is 0.135 e. The Morgan fingerprint density at radius 1 is 1.38 bits per heavy atom. The molecule has 68 valence electrons. The minimum atomic E-state index is 0.573. The van der Waals surface area contributed by atoms with Gasteiger partial charge in [0.2, 0.25) is 0 Å². The first kappa shape index (κ1) is 8.13. The predicted molar refractivity (Wildman–Crippen MR) is 51.8 cm³/mol. The van der Waals surface area contributed by atoms with Crippen LogP contribution >= 0.6 is 0 Å². The van der Waals surface area contributed by atoms with E-state index in [0.29, 0.717) is 6.54 Å². The number of fused-ring (bicyclic) bond motifs is 1. The van der Waals surface area contributed by atoms with Crippen LogP contribution in [-0.4, -0.2) is 11.5 Å². The van der Waals surface area contributed by atoms with Crippen molar-refractivity contribution in [2.75, 3.05) is 7.11 Å². The molecule has 0 radical (unpaired) electrons. The van der Waals surface area contributed by atoms with E-state index in [1.807, 2.05) is 28.9 Å². The van der Waals surface area contributed by atoms with Gasteiger partial charge in [-0.05, 0) is 23.8 Å². The molecule has 0 saturated heterocycles. The lowest BCUT2D eigenvalue weighted by Gasteiger charge is -1.99. The number of rotatable bonds is 2. The molecule has 0 saturated carbocycles. The van der Waals surface area contributed by atoms with E-state index >= 15 is 0 Å². The maximum Gasteiger partial charge on any atom is 0.135 e. The summed E-state index contributed by atoms with van der Waals surface area (Å²) < 4.78 is 7.13. The number of hydrogen-bond acceptors (Lipinski definition) is 2. The molecule has 2 rings (SSSR count). The van der Waals surface area contributed by atoms with E-state index in [1.165, 1.54) is 0 Å². The fourth-order valence-corrected chi connectivity index (χ4v) is 1.38. The molecule has 0 fully saturated rings. The second-order valence-electron chi connectivity index (χ2n) is 2.95. The summed E-state index contributed by atoms with van der Waals surface area (Å²) in [5, 5.41) is 0. The molecule has 2 aromatic heterocycles. The molecule has 0 aliphatic heterocycles. The molecule has 3 nitrogen and oxygen atoms in total. The number of nitrogens with zero attached hydrogens (tertiary/aromatic N) is 1. The van der Waals surface area contributed by atoms with Gasteiger partial charge >= 0.3 is 0 Å². The van der Waals surface area contributed by atoms with E-state index in [9.17, 15) is 0 Å². The predicted octanol–water partition coefficient (Wildman–Crippen LogP) is 1.41. The highest BCUT2D eigenvalue weighted by Crippen LogP contribution is 2.15. The van der Waals surface area contributed by atoms with Crippen LogP contribution in [0.5, 0.6) is 5.75 Å². The first-order valence-electron chi connectivity index (χ1n) is 4.18. The molecule has 0 spiro atoms. The minimum absolute atomic E-state index is 0.573. The zero-order valence-corrected chi connectivity index (χ0v) is 7.53. The molecule has 0 bridgehead atoms. The van der Waals surface area contributed by atoms with Crippen molar-refractivity contribution >= 4 is 5.52 Å². The molecular formula is C10H12N2O. The Balaban J connectivity index is 2.57. The fraction of sp³-hybridized carbons (Fsp3) is 0.200. The lowest BCUT2D eigenvalue weighted by molar-refractivity contribution is 0.412. The van der Waals surface area contributed by atoms with Gasteiger partial charge in [0.05, 0.1) is 13.3 Å². The first-order valence-corrected chi connectivity index (χ1v) is 4.18. The van der Waals surface area contributed by atoms with Gasteiger partial charge in [0, 0.05) is 18.3 Å². The molecule has 0 aromatic carbocycles. The van der Waals surface area contributed by atoms with E-state index < -0.39 is 0 Å². The second-order valence-corrected chi connectivity index (χ2v) is 2.95. The fourth-order valence-electron chi connectivity index (χ4n) is 1.38. The van der Waals surface area contributed by atoms with Gasteiger partial charge in [-0.3, -0.25) is 0 Å². The van der Waals surface area contributed by atoms with Gasteiger partial charge in [-0.1, -0.05) is 0 Å². The molecular weight excluding hydrogens is 164 g/mol. The Labute approximate surface area is 76.7 Å². The SMILES string of the molecule is COc1ccc2cc(CN)cn2c1. The Kier molecular flexibility index (Phi) is 1.94. The highest BCUT2D eigenvalue weighted by molar-refractivity contribution is 5.52. The zero-order valence-electron chi connectivity index (χ0n) is 7.53. The summed E-state index contributed by atoms with van der Waals surface area (Å²) in [6.45, 7) is 0.573. The third-order valence-electron chi connectivity index (χ3n) is 2.09. The van der Waals surface area contributed by atoms with E-state index in [-0.39, 0.29) is 0 Å². The van der Waals surface area contributed by atoms with Gasteiger partial charge in [0.1, 0.15) is 5.75 Å². The van der Waals surface area contributed by atoms with Gasteiger partial charge in [0.15, 0.2) is 0 Å². The number of hydrogen-bond donors (Lipinski definition) is 1. The number of nitrogens with two attached hydrogens (primary N) is 1. The Bertz CT molecular complexity index is 418. The number of methoxy groups -OCH3 is 1. The van der Waals surface area contributed by atoms with Crippen molar-refractivity contribution in [3.8, 4) is 5.75 Å². The summed E-state index contributed by atoms with van der Waals surface area (Å²) in [4.78, 5) is 0. The van der Waals surface area contributed by atoms with E-state index in [0.717, 1.165) is 16.8 Å². The lowest BCUT2D eigenvalue weighted by atomic mass is 10.3. The molecule has 0 unspecified atom stereocenters. The molecule has 13 heavy (non-hydrogen) atoms. The van der Waals surface area contributed by atoms with Crippen LogP contribution in [0.1, 0.15) is 5.56 Å². The summed E-state index contributed by atoms with van der Waals surface area (Å²) in [6.07, 6.45) is 3.95. The third kappa shape index (κ3) is 1.38. The first-order chi connectivity index (χ1) is 6.33. The minimum Gasteiger partial charge on any atom is -0.495 e. The Morgan fingerprint density at radius 3 is 2.92 bits per heavy atom. The monoisotopic (exact) mass is 176 g/mol. The number of pyridine rings is 1. The second kappa shape index (κ2) is 3.11. The van der Waals surface area contributed by atoms with Crippen molar-refractivity contribution < 1.29 is 4.74 Å². The topological polar surface area (TPSA) is 39.7 Å². The van der Waals surface area contributed by atoms with E-state index in [1.54, 1.807) is 7.11 Å². The molecule has 0 amide bonds. The van der Waals surface area contributed by atoms with Gasteiger partial charge < -0.3 is 14.9 Å². The molecule has 0 aliphatic carbocycles. The molecule has 2 heterocycles. The largest absolute Gasteiger partial charge is 0.495 e. The van der Waals surface area contributed by atoms with E-state index in [2.05, 4.69) is 6.07 Å². The highest BCUT2D eigenvalue weighted by Gasteiger charge is 1.98. The molecule has 0 aliphatic rings. The Hall–Kier alpha value is -1.48. The summed E-state index contributed by atoms with van der Waals surface area (Å²) in [5.74, 6) is 0.853.